The predicted molar refractivity (Wildman–Crippen MR) is 22.1 cm³/mol. The zero-order valence-electron chi connectivity index (χ0n) is 5.58. The molecule has 0 aliphatic carbocycles. The molecular weight excluding hydrogens is 61.9 g/mol. The van der Waals surface area contributed by atoms with E-state index in [0.717, 1.165) is 0 Å². The monoisotopic (exact) mass is 72.1 g/mol. The minimum absolute atomic E-state index is 0. The molecule has 2 heteroatoms. The summed E-state index contributed by atoms with van der Waals surface area (Å²) in [6.07, 6.45) is 2.00. The molecule has 0 heterocycles. The van der Waals surface area contributed by atoms with Gasteiger partial charge in [-0.15, -0.1) is 0 Å². The summed E-state index contributed by atoms with van der Waals surface area (Å²) in [5.74, 6) is 0. The van der Waals surface area contributed by atoms with Crippen LogP contribution in [-0.4, -0.2) is 0 Å². The molecule has 0 aromatic heterocycles. The first-order chi connectivity index (χ1) is 1.41. The van der Waals surface area contributed by atoms with Crippen LogP contribution in [0.25, 0.3) is 0 Å². The van der Waals surface area contributed by atoms with Crippen LogP contribution in [0.4, 0.5) is 0 Å². The van der Waals surface area contributed by atoms with Gasteiger partial charge in [-0.3, -0.25) is 0 Å². The Morgan fingerprint density at radius 1 is 1.00 bits per heavy atom. The van der Waals surface area contributed by atoms with Gasteiger partial charge in [0.05, 0.1) is 0 Å². The molecule has 28 valence electrons. The van der Waals surface area contributed by atoms with Crippen LogP contribution in [-0.2, 0) is 0 Å². The van der Waals surface area contributed by atoms with Crippen LogP contribution in [0.15, 0.2) is 0 Å². The quantitative estimate of drug-likeness (QED) is 0.200. The molecule has 0 unspecified atom stereocenters. The first-order valence-corrected chi connectivity index (χ1v) is 1.15. The van der Waals surface area contributed by atoms with Crippen LogP contribution in [0.2, 0.25) is 0 Å². The van der Waals surface area contributed by atoms with Crippen molar-refractivity contribution in [2.45, 2.75) is 13.8 Å². The Bertz CT molecular complexity index is 5.51. The van der Waals surface area contributed by atoms with Crippen molar-refractivity contribution in [3.05, 3.63) is 13.8 Å². The van der Waals surface area contributed by atoms with Gasteiger partial charge in [0.15, 0.2) is 0 Å². The number of hydrogen-bond donors (Lipinski definition) is 0. The van der Waals surface area contributed by atoms with Crippen molar-refractivity contribution < 1.29 is 37.7 Å². The average Bonchev–Trinajstić information content (AvgIpc) is 0.918. The van der Waals surface area contributed by atoms with Gasteiger partial charge < -0.3 is 13.8 Å². The van der Waals surface area contributed by atoms with Gasteiger partial charge in [-0.1, -0.05) is 0 Å². The molecule has 0 aromatic carbocycles. The van der Waals surface area contributed by atoms with Crippen molar-refractivity contribution >= 4 is 0 Å². The van der Waals surface area contributed by atoms with E-state index >= 15 is 0 Å². The molecule has 0 saturated carbocycles. The third-order valence-corrected chi connectivity index (χ3v) is 0. The standard InChI is InChI=1S/C3H7.CH3.2Li/c1-3-2;;;/h3H,1-2H3;1H3;;/q2*-1;2*+1. The van der Waals surface area contributed by atoms with E-state index in [1.165, 1.54) is 0 Å². The van der Waals surface area contributed by atoms with Gasteiger partial charge in [0, 0.05) is 0 Å². The van der Waals surface area contributed by atoms with Crippen molar-refractivity contribution in [3.63, 3.8) is 0 Å². The maximum Gasteiger partial charge on any atom is 1.00 e. The van der Waals surface area contributed by atoms with Crippen molar-refractivity contribution in [3.8, 4) is 0 Å². The van der Waals surface area contributed by atoms with Gasteiger partial charge in [-0.25, -0.2) is 0 Å². The third kappa shape index (κ3) is 64.0. The van der Waals surface area contributed by atoms with E-state index in [0.29, 0.717) is 0 Å². The Morgan fingerprint density at radius 2 is 1.00 bits per heavy atom. The Labute approximate surface area is 65.4 Å². The molecule has 0 bridgehead atoms. The second kappa shape index (κ2) is 34.7. The number of hydrogen-bond acceptors (Lipinski definition) is 0. The van der Waals surface area contributed by atoms with Gasteiger partial charge in [0.25, 0.3) is 0 Å². The molecular formula is C4H10Li2. The summed E-state index contributed by atoms with van der Waals surface area (Å²) in [4.78, 5) is 0. The van der Waals surface area contributed by atoms with Crippen molar-refractivity contribution in [2.75, 3.05) is 0 Å². The molecule has 0 amide bonds. The summed E-state index contributed by atoms with van der Waals surface area (Å²) in [6.45, 7) is 4.00. The van der Waals surface area contributed by atoms with Crippen LogP contribution in [0.5, 0.6) is 0 Å². The van der Waals surface area contributed by atoms with E-state index in [4.69, 9.17) is 0 Å². The van der Waals surface area contributed by atoms with Crippen LogP contribution >= 0.6 is 0 Å². The summed E-state index contributed by atoms with van der Waals surface area (Å²) in [7, 11) is 0. The Hall–Kier alpha value is 1.19. The van der Waals surface area contributed by atoms with E-state index in [2.05, 4.69) is 0 Å². The van der Waals surface area contributed by atoms with Crippen LogP contribution in [0, 0.1) is 13.8 Å². The molecule has 0 atom stereocenters. The fraction of sp³-hybridized carbons (Fsp3) is 0.500. The van der Waals surface area contributed by atoms with Crippen LogP contribution in [0.1, 0.15) is 13.8 Å². The van der Waals surface area contributed by atoms with E-state index < -0.39 is 0 Å². The van der Waals surface area contributed by atoms with Crippen LogP contribution < -0.4 is 37.7 Å². The maximum atomic E-state index is 2.00. The van der Waals surface area contributed by atoms with Gasteiger partial charge in [-0.2, -0.15) is 13.8 Å². The Kier molecular flexibility index (Phi) is 156. The molecule has 6 heavy (non-hydrogen) atoms. The summed E-state index contributed by atoms with van der Waals surface area (Å²) in [5, 5.41) is 0. The molecule has 0 saturated heterocycles. The molecule has 0 aliphatic rings. The third-order valence-electron chi connectivity index (χ3n) is 0. The molecule has 0 spiro atoms. The summed E-state index contributed by atoms with van der Waals surface area (Å²) < 4.78 is 0. The summed E-state index contributed by atoms with van der Waals surface area (Å²) in [5.41, 5.74) is 0. The molecule has 0 rings (SSSR count). The van der Waals surface area contributed by atoms with E-state index in [1.54, 1.807) is 0 Å². The first-order valence-electron chi connectivity index (χ1n) is 1.15. The average molecular weight is 72.0 g/mol. The van der Waals surface area contributed by atoms with Gasteiger partial charge in [0.1, 0.15) is 0 Å². The molecule has 0 N–H and O–H groups in total. The largest absolute Gasteiger partial charge is 1.00 e. The first kappa shape index (κ1) is 27.1. The van der Waals surface area contributed by atoms with Gasteiger partial charge in [0.2, 0.25) is 0 Å². The van der Waals surface area contributed by atoms with E-state index in [1.807, 2.05) is 20.3 Å². The van der Waals surface area contributed by atoms with Crippen molar-refractivity contribution in [1.29, 1.82) is 0 Å². The van der Waals surface area contributed by atoms with Gasteiger partial charge in [-0.05, 0) is 0 Å². The predicted octanol–water partition coefficient (Wildman–Crippen LogP) is -4.31. The van der Waals surface area contributed by atoms with Crippen molar-refractivity contribution in [2.24, 2.45) is 0 Å². The normalized spacial score (nSPS) is 3.00. The fourth-order valence-electron chi connectivity index (χ4n) is 0. The smallest absolute Gasteiger partial charge is 0.358 e. The zero-order chi connectivity index (χ0) is 2.71. The van der Waals surface area contributed by atoms with Crippen LogP contribution in [0.3, 0.4) is 0 Å². The topological polar surface area (TPSA) is 0 Å². The maximum absolute atomic E-state index is 2.00. The van der Waals surface area contributed by atoms with Crippen molar-refractivity contribution in [1.82, 2.24) is 0 Å². The van der Waals surface area contributed by atoms with E-state index in [9.17, 15) is 0 Å². The minimum Gasteiger partial charge on any atom is -0.358 e. The Balaban J connectivity index is -0.00000000667. The second-order valence-corrected chi connectivity index (χ2v) is 0.577. The molecule has 0 radical (unpaired) electrons. The molecule has 0 aromatic rings. The van der Waals surface area contributed by atoms with E-state index in [-0.39, 0.29) is 45.1 Å². The summed E-state index contributed by atoms with van der Waals surface area (Å²) in [6, 6.07) is 0. The minimum atomic E-state index is 0. The number of rotatable bonds is 0. The second-order valence-electron chi connectivity index (χ2n) is 0.577. The molecule has 0 nitrogen and oxygen atoms in total. The van der Waals surface area contributed by atoms with Gasteiger partial charge >= 0.3 is 37.7 Å². The zero-order valence-corrected chi connectivity index (χ0v) is 5.58. The Morgan fingerprint density at radius 3 is 1.00 bits per heavy atom. The molecule has 0 fully saturated rings. The fourth-order valence-corrected chi connectivity index (χ4v) is 0. The SMILES string of the molecule is C[CH-]C.[CH3-].[Li+].[Li+]. The molecule has 0 aliphatic heterocycles. The summed E-state index contributed by atoms with van der Waals surface area (Å²) >= 11 is 0.